The zero-order valence-corrected chi connectivity index (χ0v) is 12.5. The molecule has 0 aliphatic heterocycles. The summed E-state index contributed by atoms with van der Waals surface area (Å²) in [5, 5.41) is 8.20. The molecule has 0 unspecified atom stereocenters. The van der Waals surface area contributed by atoms with Gasteiger partial charge in [0.1, 0.15) is 0 Å². The van der Waals surface area contributed by atoms with Crippen molar-refractivity contribution in [3.8, 4) is 0 Å². The number of nitrogens with two attached hydrogens (primary N) is 1. The quantitative estimate of drug-likeness (QED) is 0.883. The molecule has 112 valence electrons. The number of amides is 1. The fourth-order valence-electron chi connectivity index (χ4n) is 3.04. The first kappa shape index (κ1) is 14.0. The second kappa shape index (κ2) is 5.11. The SMILES string of the molecule is Cc1nn(C)c2ncc(NC(=O)C3(N)CCCCC3)cc12. The number of hydrogen-bond donors (Lipinski definition) is 2. The highest BCUT2D eigenvalue weighted by atomic mass is 16.2. The van der Waals surface area contributed by atoms with Gasteiger partial charge in [-0.3, -0.25) is 9.48 Å². The molecule has 6 heteroatoms. The lowest BCUT2D eigenvalue weighted by Crippen LogP contribution is -2.52. The van der Waals surface area contributed by atoms with Gasteiger partial charge < -0.3 is 11.1 Å². The Morgan fingerprint density at radius 1 is 1.38 bits per heavy atom. The van der Waals surface area contributed by atoms with Crippen molar-refractivity contribution in [2.24, 2.45) is 12.8 Å². The van der Waals surface area contributed by atoms with E-state index in [1.54, 1.807) is 10.9 Å². The molecule has 3 N–H and O–H groups in total. The van der Waals surface area contributed by atoms with E-state index in [9.17, 15) is 4.79 Å². The Morgan fingerprint density at radius 2 is 2.10 bits per heavy atom. The van der Waals surface area contributed by atoms with Crippen LogP contribution in [0.3, 0.4) is 0 Å². The topological polar surface area (TPSA) is 85.8 Å². The monoisotopic (exact) mass is 287 g/mol. The molecule has 0 radical (unpaired) electrons. The minimum atomic E-state index is -0.739. The number of aromatic nitrogens is 3. The molecule has 0 saturated heterocycles. The van der Waals surface area contributed by atoms with Gasteiger partial charge in [0.2, 0.25) is 5.91 Å². The maximum absolute atomic E-state index is 12.4. The van der Waals surface area contributed by atoms with Gasteiger partial charge in [-0.1, -0.05) is 19.3 Å². The van der Waals surface area contributed by atoms with E-state index in [-0.39, 0.29) is 5.91 Å². The van der Waals surface area contributed by atoms with E-state index in [0.29, 0.717) is 5.69 Å². The third kappa shape index (κ3) is 2.51. The van der Waals surface area contributed by atoms with Crippen molar-refractivity contribution in [3.05, 3.63) is 18.0 Å². The average molecular weight is 287 g/mol. The van der Waals surface area contributed by atoms with E-state index in [2.05, 4.69) is 15.4 Å². The summed E-state index contributed by atoms with van der Waals surface area (Å²) in [7, 11) is 1.86. The maximum atomic E-state index is 12.4. The number of nitrogens with one attached hydrogen (secondary N) is 1. The Kier molecular flexibility index (Phi) is 3.41. The van der Waals surface area contributed by atoms with Crippen LogP contribution >= 0.6 is 0 Å². The van der Waals surface area contributed by atoms with Crippen LogP contribution in [0.5, 0.6) is 0 Å². The summed E-state index contributed by atoms with van der Waals surface area (Å²) in [5.74, 6) is -0.107. The van der Waals surface area contributed by atoms with E-state index in [1.165, 1.54) is 0 Å². The first-order valence-electron chi connectivity index (χ1n) is 7.39. The predicted octanol–water partition coefficient (Wildman–Crippen LogP) is 1.88. The number of nitrogens with zero attached hydrogens (tertiary/aromatic N) is 3. The highest BCUT2D eigenvalue weighted by molar-refractivity contribution is 5.99. The number of carbonyl (C=O) groups is 1. The summed E-state index contributed by atoms with van der Waals surface area (Å²) in [6, 6.07) is 1.91. The largest absolute Gasteiger partial charge is 0.323 e. The van der Waals surface area contributed by atoms with Gasteiger partial charge in [0, 0.05) is 12.4 Å². The molecular formula is C15H21N5O. The first-order chi connectivity index (χ1) is 9.99. The van der Waals surface area contributed by atoms with Crippen molar-refractivity contribution in [2.45, 2.75) is 44.6 Å². The molecule has 1 aliphatic rings. The van der Waals surface area contributed by atoms with Crippen LogP contribution in [-0.2, 0) is 11.8 Å². The number of aryl methyl sites for hydroxylation is 2. The summed E-state index contributed by atoms with van der Waals surface area (Å²) in [6.07, 6.45) is 6.36. The van der Waals surface area contributed by atoms with Crippen molar-refractivity contribution in [1.82, 2.24) is 14.8 Å². The molecule has 0 aromatic carbocycles. The molecule has 1 aliphatic carbocycles. The fraction of sp³-hybridized carbons (Fsp3) is 0.533. The van der Waals surface area contributed by atoms with Crippen LogP contribution in [0.25, 0.3) is 11.0 Å². The third-order valence-electron chi connectivity index (χ3n) is 4.32. The Bertz CT molecular complexity index is 685. The third-order valence-corrected chi connectivity index (χ3v) is 4.32. The number of hydrogen-bond acceptors (Lipinski definition) is 4. The molecule has 3 rings (SSSR count). The minimum absolute atomic E-state index is 0.107. The molecule has 2 heterocycles. The molecular weight excluding hydrogens is 266 g/mol. The average Bonchev–Trinajstić information content (AvgIpc) is 2.74. The van der Waals surface area contributed by atoms with E-state index >= 15 is 0 Å². The van der Waals surface area contributed by atoms with Crippen LogP contribution in [0.2, 0.25) is 0 Å². The van der Waals surface area contributed by atoms with Crippen molar-refractivity contribution < 1.29 is 4.79 Å². The first-order valence-corrected chi connectivity index (χ1v) is 7.39. The predicted molar refractivity (Wildman–Crippen MR) is 81.9 cm³/mol. The van der Waals surface area contributed by atoms with Gasteiger partial charge in [0.05, 0.1) is 23.1 Å². The number of rotatable bonds is 2. The zero-order valence-electron chi connectivity index (χ0n) is 12.5. The lowest BCUT2D eigenvalue weighted by Gasteiger charge is -2.31. The summed E-state index contributed by atoms with van der Waals surface area (Å²) in [6.45, 7) is 1.93. The van der Waals surface area contributed by atoms with Gasteiger partial charge in [-0.05, 0) is 25.8 Å². The summed E-state index contributed by atoms with van der Waals surface area (Å²) >= 11 is 0. The standard InChI is InChI=1S/C15H21N5O/c1-10-12-8-11(9-17-13(12)20(2)19-10)18-14(21)15(16)6-4-3-5-7-15/h8-9H,3-7,16H2,1-2H3,(H,18,21). The number of carbonyl (C=O) groups excluding carboxylic acids is 1. The Labute approximate surface area is 123 Å². The van der Waals surface area contributed by atoms with E-state index in [0.717, 1.165) is 48.8 Å². The maximum Gasteiger partial charge on any atom is 0.244 e. The highest BCUT2D eigenvalue weighted by Crippen LogP contribution is 2.27. The van der Waals surface area contributed by atoms with Crippen molar-refractivity contribution in [3.63, 3.8) is 0 Å². The number of anilines is 1. The summed E-state index contributed by atoms with van der Waals surface area (Å²) in [4.78, 5) is 16.8. The van der Waals surface area contributed by atoms with Gasteiger partial charge in [0.25, 0.3) is 0 Å². The van der Waals surface area contributed by atoms with Gasteiger partial charge in [-0.15, -0.1) is 0 Å². The highest BCUT2D eigenvalue weighted by Gasteiger charge is 2.35. The van der Waals surface area contributed by atoms with Crippen LogP contribution < -0.4 is 11.1 Å². The van der Waals surface area contributed by atoms with E-state index in [4.69, 9.17) is 5.73 Å². The van der Waals surface area contributed by atoms with Crippen molar-refractivity contribution >= 4 is 22.6 Å². The number of fused-ring (bicyclic) bond motifs is 1. The van der Waals surface area contributed by atoms with Crippen molar-refractivity contribution in [1.29, 1.82) is 0 Å². The number of pyridine rings is 1. The van der Waals surface area contributed by atoms with Crippen LogP contribution in [0.4, 0.5) is 5.69 Å². The fourth-order valence-corrected chi connectivity index (χ4v) is 3.04. The molecule has 0 spiro atoms. The van der Waals surface area contributed by atoms with Crippen LogP contribution in [0, 0.1) is 6.92 Å². The molecule has 0 atom stereocenters. The summed E-state index contributed by atoms with van der Waals surface area (Å²) in [5.41, 5.74) is 7.90. The second-order valence-corrected chi connectivity index (χ2v) is 5.98. The molecule has 1 amide bonds. The molecule has 6 nitrogen and oxygen atoms in total. The zero-order chi connectivity index (χ0) is 15.0. The lowest BCUT2D eigenvalue weighted by molar-refractivity contribution is -0.122. The van der Waals surface area contributed by atoms with Gasteiger partial charge in [0.15, 0.2) is 5.65 Å². The van der Waals surface area contributed by atoms with Gasteiger partial charge in [-0.2, -0.15) is 5.10 Å². The molecule has 1 saturated carbocycles. The normalized spacial score (nSPS) is 17.9. The van der Waals surface area contributed by atoms with E-state index < -0.39 is 5.54 Å². The van der Waals surface area contributed by atoms with Crippen LogP contribution in [0.15, 0.2) is 12.3 Å². The Balaban J connectivity index is 1.84. The second-order valence-electron chi connectivity index (χ2n) is 5.98. The Morgan fingerprint density at radius 3 is 2.81 bits per heavy atom. The summed E-state index contributed by atoms with van der Waals surface area (Å²) < 4.78 is 1.74. The smallest absolute Gasteiger partial charge is 0.244 e. The molecule has 0 bridgehead atoms. The van der Waals surface area contributed by atoms with Crippen molar-refractivity contribution in [2.75, 3.05) is 5.32 Å². The van der Waals surface area contributed by atoms with Crippen LogP contribution in [-0.4, -0.2) is 26.2 Å². The van der Waals surface area contributed by atoms with E-state index in [1.807, 2.05) is 20.0 Å². The van der Waals surface area contributed by atoms with Crippen LogP contribution in [0.1, 0.15) is 37.8 Å². The molecule has 2 aromatic rings. The Hall–Kier alpha value is -1.95. The molecule has 1 fully saturated rings. The van der Waals surface area contributed by atoms with Gasteiger partial charge in [-0.25, -0.2) is 4.98 Å². The molecule has 21 heavy (non-hydrogen) atoms. The van der Waals surface area contributed by atoms with Gasteiger partial charge >= 0.3 is 0 Å². The minimum Gasteiger partial charge on any atom is -0.323 e. The lowest BCUT2D eigenvalue weighted by atomic mass is 9.82. The molecule has 2 aromatic heterocycles.